The number of benzene rings is 3. The van der Waals surface area contributed by atoms with E-state index in [4.69, 9.17) is 12.2 Å². The number of carbonyl (C=O) groups excluding carboxylic acids is 1. The van der Waals surface area contributed by atoms with Gasteiger partial charge in [-0.05, 0) is 91.0 Å². The summed E-state index contributed by atoms with van der Waals surface area (Å²) >= 11 is 5.22. The molecule has 4 rings (SSSR count). The van der Waals surface area contributed by atoms with Crippen molar-refractivity contribution in [3.8, 4) is 22.8 Å². The van der Waals surface area contributed by atoms with Crippen LogP contribution in [0, 0.1) is 5.82 Å². The predicted octanol–water partition coefficient (Wildman–Crippen LogP) is 7.11. The molecule has 43 heavy (non-hydrogen) atoms. The fourth-order valence-electron chi connectivity index (χ4n) is 4.22. The Morgan fingerprint density at radius 3 is 2.42 bits per heavy atom. The van der Waals surface area contributed by atoms with E-state index >= 15 is 0 Å². The molecule has 0 unspecified atom stereocenters. The first-order chi connectivity index (χ1) is 20.5. The van der Waals surface area contributed by atoms with E-state index in [1.54, 1.807) is 6.07 Å². The number of thiocarbonyl (C=S) groups is 1. The van der Waals surface area contributed by atoms with Crippen molar-refractivity contribution in [1.29, 1.82) is 0 Å². The summed E-state index contributed by atoms with van der Waals surface area (Å²) in [7, 11) is 0. The number of halogens is 4. The zero-order valence-electron chi connectivity index (χ0n) is 23.4. The highest BCUT2D eigenvalue weighted by Crippen LogP contribution is 2.26. The second kappa shape index (κ2) is 14.1. The molecule has 0 saturated heterocycles. The van der Waals surface area contributed by atoms with Crippen molar-refractivity contribution in [3.63, 3.8) is 0 Å². The number of aryl methyl sites for hydroxylation is 1. The van der Waals surface area contributed by atoms with Gasteiger partial charge in [0.25, 0.3) is 0 Å². The van der Waals surface area contributed by atoms with Crippen LogP contribution in [0.2, 0.25) is 0 Å². The molecule has 4 aromatic rings. The summed E-state index contributed by atoms with van der Waals surface area (Å²) in [6.45, 7) is 4.35. The minimum absolute atomic E-state index is 0.0748. The zero-order chi connectivity index (χ0) is 31.0. The van der Waals surface area contributed by atoms with Crippen LogP contribution in [0.15, 0.2) is 73.1 Å². The predicted molar refractivity (Wildman–Crippen MR) is 160 cm³/mol. The lowest BCUT2D eigenvalue weighted by Crippen LogP contribution is -2.42. The number of hydrogen-bond acceptors (Lipinski definition) is 5. The third-order valence-corrected chi connectivity index (χ3v) is 6.53. The Hall–Kier alpha value is -4.52. The number of hydrogen-bond donors (Lipinski definition) is 3. The minimum atomic E-state index is -4.75. The Morgan fingerprint density at radius 2 is 1.74 bits per heavy atom. The molecule has 226 valence electrons. The Kier molecular flexibility index (Phi) is 10.3. The summed E-state index contributed by atoms with van der Waals surface area (Å²) in [5, 5.41) is 12.8. The molecule has 1 heterocycles. The number of rotatable bonds is 10. The normalized spacial score (nSPS) is 11.3. The van der Waals surface area contributed by atoms with E-state index in [1.165, 1.54) is 47.4 Å². The quantitative estimate of drug-likeness (QED) is 0.100. The molecule has 3 aromatic carbocycles. The molecule has 0 spiro atoms. The number of alkyl halides is 3. The van der Waals surface area contributed by atoms with Crippen molar-refractivity contribution in [3.05, 3.63) is 90.0 Å². The van der Waals surface area contributed by atoms with Gasteiger partial charge in [-0.1, -0.05) is 38.1 Å². The second-order valence-corrected chi connectivity index (χ2v) is 10.3. The zero-order valence-corrected chi connectivity index (χ0v) is 24.2. The van der Waals surface area contributed by atoms with Crippen molar-refractivity contribution in [1.82, 2.24) is 25.4 Å². The fraction of sp³-hybridized carbons (Fsp3) is 0.267. The van der Waals surface area contributed by atoms with Crippen LogP contribution in [-0.2, 0) is 6.42 Å². The summed E-state index contributed by atoms with van der Waals surface area (Å²) in [4.78, 5) is 16.5. The topological polar surface area (TPSA) is 93.1 Å². The molecule has 3 N–H and O–H groups in total. The van der Waals surface area contributed by atoms with Gasteiger partial charge in [-0.2, -0.15) is 0 Å². The average molecular weight is 615 g/mol. The number of anilines is 1. The van der Waals surface area contributed by atoms with Gasteiger partial charge in [0.15, 0.2) is 10.9 Å². The SMILES string of the molecule is CC(C)c1cc(F)ccc1NC(=S)NC(=O)NCCCCc1ccc(-c2ncn(-c3ccc(OC(F)(F)F)cc3)n2)cc1. The molecule has 0 saturated carbocycles. The first-order valence-corrected chi connectivity index (χ1v) is 13.9. The van der Waals surface area contributed by atoms with Crippen LogP contribution >= 0.6 is 12.2 Å². The summed E-state index contributed by atoms with van der Waals surface area (Å²) in [5.74, 6) is -0.0962. The standard InChI is InChI=1S/C30H30F4N6O2S/c1-19(2)25-17-22(31)10-15-26(25)37-29(43)38-28(41)35-16-4-3-5-20-6-8-21(9-7-20)27-36-18-40(39-27)23-11-13-24(14-12-23)42-30(32,33)34/h6-15,17-19H,3-5,16H2,1-2H3,(H3,35,37,38,41,43). The number of nitrogens with zero attached hydrogens (tertiary/aromatic N) is 3. The maximum Gasteiger partial charge on any atom is 0.573 e. The van der Waals surface area contributed by atoms with Gasteiger partial charge >= 0.3 is 12.4 Å². The first kappa shape index (κ1) is 31.4. The second-order valence-electron chi connectivity index (χ2n) is 9.93. The van der Waals surface area contributed by atoms with Crippen LogP contribution in [-0.4, -0.2) is 38.8 Å². The van der Waals surface area contributed by atoms with E-state index in [-0.39, 0.29) is 22.6 Å². The molecule has 2 amide bonds. The molecule has 1 aromatic heterocycles. The average Bonchev–Trinajstić information content (AvgIpc) is 3.44. The molecule has 0 bridgehead atoms. The van der Waals surface area contributed by atoms with Crippen molar-refractivity contribution in [2.75, 3.05) is 11.9 Å². The van der Waals surface area contributed by atoms with E-state index in [0.717, 1.165) is 36.0 Å². The molecule has 8 nitrogen and oxygen atoms in total. The number of urea groups is 1. The number of amides is 2. The molecule has 0 aliphatic carbocycles. The van der Waals surface area contributed by atoms with Crippen LogP contribution in [0.1, 0.15) is 43.7 Å². The van der Waals surface area contributed by atoms with Crippen LogP contribution < -0.4 is 20.7 Å². The number of aromatic nitrogens is 3. The number of ether oxygens (including phenoxy) is 1. The van der Waals surface area contributed by atoms with Crippen molar-refractivity contribution in [2.45, 2.75) is 45.4 Å². The smallest absolute Gasteiger partial charge is 0.406 e. The van der Waals surface area contributed by atoms with E-state index in [9.17, 15) is 22.4 Å². The van der Waals surface area contributed by atoms with Crippen LogP contribution in [0.3, 0.4) is 0 Å². The van der Waals surface area contributed by atoms with Crippen molar-refractivity contribution < 1.29 is 27.1 Å². The molecular weight excluding hydrogens is 584 g/mol. The molecular formula is C30H30F4N6O2S. The number of nitrogens with one attached hydrogen (secondary N) is 3. The molecule has 0 atom stereocenters. The summed E-state index contributed by atoms with van der Waals surface area (Å²) in [6, 6.07) is 17.1. The van der Waals surface area contributed by atoms with Gasteiger partial charge in [-0.25, -0.2) is 18.9 Å². The van der Waals surface area contributed by atoms with Crippen LogP contribution in [0.5, 0.6) is 5.75 Å². The van der Waals surface area contributed by atoms with Gasteiger partial charge in [0, 0.05) is 17.8 Å². The lowest BCUT2D eigenvalue weighted by molar-refractivity contribution is -0.274. The third kappa shape index (κ3) is 9.50. The van der Waals surface area contributed by atoms with E-state index in [2.05, 4.69) is 30.8 Å². The van der Waals surface area contributed by atoms with Crippen LogP contribution in [0.4, 0.5) is 28.0 Å². The maximum atomic E-state index is 13.6. The van der Waals surface area contributed by atoms with Gasteiger partial charge < -0.3 is 15.4 Å². The van der Waals surface area contributed by atoms with Gasteiger partial charge in [0.05, 0.1) is 5.69 Å². The lowest BCUT2D eigenvalue weighted by Gasteiger charge is -2.16. The molecule has 0 aliphatic heterocycles. The summed E-state index contributed by atoms with van der Waals surface area (Å²) < 4.78 is 56.0. The minimum Gasteiger partial charge on any atom is -0.406 e. The summed E-state index contributed by atoms with van der Waals surface area (Å²) in [5.41, 5.74) is 3.85. The fourth-order valence-corrected chi connectivity index (χ4v) is 4.43. The van der Waals surface area contributed by atoms with Crippen molar-refractivity contribution in [2.24, 2.45) is 0 Å². The van der Waals surface area contributed by atoms with Gasteiger partial charge in [0.2, 0.25) is 0 Å². The highest BCUT2D eigenvalue weighted by atomic mass is 32.1. The van der Waals surface area contributed by atoms with Crippen LogP contribution in [0.25, 0.3) is 17.1 Å². The molecule has 0 fully saturated rings. The molecule has 0 radical (unpaired) electrons. The molecule has 13 heteroatoms. The summed E-state index contributed by atoms with van der Waals surface area (Å²) in [6.07, 6.45) is -0.860. The van der Waals surface area contributed by atoms with Gasteiger partial charge in [-0.15, -0.1) is 18.3 Å². The van der Waals surface area contributed by atoms with E-state index in [1.807, 2.05) is 38.1 Å². The highest BCUT2D eigenvalue weighted by Gasteiger charge is 2.31. The van der Waals surface area contributed by atoms with E-state index in [0.29, 0.717) is 23.7 Å². The lowest BCUT2D eigenvalue weighted by atomic mass is 10.0. The Morgan fingerprint density at radius 1 is 1.02 bits per heavy atom. The maximum absolute atomic E-state index is 13.6. The highest BCUT2D eigenvalue weighted by molar-refractivity contribution is 7.80. The van der Waals surface area contributed by atoms with Gasteiger partial charge in [-0.3, -0.25) is 5.32 Å². The number of carbonyl (C=O) groups is 1. The third-order valence-electron chi connectivity index (χ3n) is 6.33. The Balaban J connectivity index is 1.18. The van der Waals surface area contributed by atoms with Gasteiger partial charge in [0.1, 0.15) is 17.9 Å². The Labute approximate surface area is 251 Å². The Bertz CT molecular complexity index is 1540. The molecule has 0 aliphatic rings. The van der Waals surface area contributed by atoms with E-state index < -0.39 is 12.4 Å². The first-order valence-electron chi connectivity index (χ1n) is 13.5. The number of unbranched alkanes of at least 4 members (excludes halogenated alkanes) is 1. The van der Waals surface area contributed by atoms with Crippen molar-refractivity contribution >= 4 is 29.0 Å². The monoisotopic (exact) mass is 614 g/mol. The largest absolute Gasteiger partial charge is 0.573 e.